The molecule has 0 aliphatic rings. The number of ether oxygens (including phenoxy) is 2. The van der Waals surface area contributed by atoms with Gasteiger partial charge in [0, 0.05) is 6.54 Å². The number of benzene rings is 2. The number of carbonyl (C=O) groups excluding carboxylic acids is 1. The van der Waals surface area contributed by atoms with E-state index in [1.54, 1.807) is 13.8 Å². The Hall–Kier alpha value is -3.13. The van der Waals surface area contributed by atoms with Crippen molar-refractivity contribution in [2.24, 2.45) is 10.6 Å². The summed E-state index contributed by atoms with van der Waals surface area (Å²) in [6.45, 7) is 4.53. The third-order valence-electron chi connectivity index (χ3n) is 4.24. The highest BCUT2D eigenvalue weighted by molar-refractivity contribution is 7.90. The van der Waals surface area contributed by atoms with Crippen LogP contribution < -0.4 is 19.9 Å². The Morgan fingerprint density at radius 1 is 1.16 bits per heavy atom. The summed E-state index contributed by atoms with van der Waals surface area (Å²) >= 11 is 0. The van der Waals surface area contributed by atoms with Crippen LogP contribution in [-0.2, 0) is 26.3 Å². The minimum atomic E-state index is -4.05. The van der Waals surface area contributed by atoms with Gasteiger partial charge in [-0.15, -0.1) is 0 Å². The first-order valence-corrected chi connectivity index (χ1v) is 11.0. The molecule has 0 radical (unpaired) electrons. The second-order valence-electron chi connectivity index (χ2n) is 7.40. The summed E-state index contributed by atoms with van der Waals surface area (Å²) in [4.78, 5) is 12.5. The van der Waals surface area contributed by atoms with E-state index in [9.17, 15) is 18.5 Å². The van der Waals surface area contributed by atoms with Gasteiger partial charge in [0.2, 0.25) is 5.91 Å². The largest absolute Gasteiger partial charge is 0.491 e. The molecule has 0 aliphatic heterocycles. The second kappa shape index (κ2) is 10.8. The SMILES string of the molecule is CC(C)(COc1cccc(NS(N)(=O)=O)c1C#N)C(=O)NCCOCc1ccccc1. The summed E-state index contributed by atoms with van der Waals surface area (Å²) in [6, 6.07) is 16.0. The summed E-state index contributed by atoms with van der Waals surface area (Å²) in [5.74, 6) is -0.101. The summed E-state index contributed by atoms with van der Waals surface area (Å²) in [5.41, 5.74) is 0.118. The fraction of sp³-hybridized carbons (Fsp3) is 0.333. The van der Waals surface area contributed by atoms with E-state index < -0.39 is 15.6 Å². The van der Waals surface area contributed by atoms with Crippen molar-refractivity contribution < 1.29 is 22.7 Å². The Labute approximate surface area is 182 Å². The molecule has 0 unspecified atom stereocenters. The van der Waals surface area contributed by atoms with Crippen molar-refractivity contribution >= 4 is 21.8 Å². The number of nitrogens with two attached hydrogens (primary N) is 1. The van der Waals surface area contributed by atoms with Crippen LogP contribution in [-0.4, -0.2) is 34.1 Å². The number of hydrogen-bond acceptors (Lipinski definition) is 6. The maximum atomic E-state index is 12.5. The molecule has 0 aromatic heterocycles. The first-order chi connectivity index (χ1) is 14.6. The molecule has 0 bridgehead atoms. The Bertz CT molecular complexity index is 1030. The molecule has 2 rings (SSSR count). The topological polar surface area (TPSA) is 144 Å². The second-order valence-corrected chi connectivity index (χ2v) is 8.70. The third kappa shape index (κ3) is 7.90. The van der Waals surface area contributed by atoms with Crippen molar-refractivity contribution in [1.29, 1.82) is 5.26 Å². The van der Waals surface area contributed by atoms with E-state index in [1.165, 1.54) is 18.2 Å². The minimum Gasteiger partial charge on any atom is -0.491 e. The van der Waals surface area contributed by atoms with E-state index in [0.29, 0.717) is 19.8 Å². The summed E-state index contributed by atoms with van der Waals surface area (Å²) in [7, 11) is -4.05. The first kappa shape index (κ1) is 24.1. The Morgan fingerprint density at radius 3 is 2.52 bits per heavy atom. The molecule has 9 nitrogen and oxygen atoms in total. The number of hydrogen-bond donors (Lipinski definition) is 3. The van der Waals surface area contributed by atoms with Crippen LogP contribution in [0.15, 0.2) is 48.5 Å². The number of nitrogens with zero attached hydrogens (tertiary/aromatic N) is 1. The first-order valence-electron chi connectivity index (χ1n) is 9.49. The van der Waals surface area contributed by atoms with Gasteiger partial charge in [0.15, 0.2) is 0 Å². The smallest absolute Gasteiger partial charge is 0.296 e. The van der Waals surface area contributed by atoms with E-state index in [1.807, 2.05) is 36.4 Å². The average molecular weight is 447 g/mol. The molecule has 2 aromatic rings. The van der Waals surface area contributed by atoms with E-state index in [-0.39, 0.29) is 29.5 Å². The van der Waals surface area contributed by atoms with Gasteiger partial charge in [-0.2, -0.15) is 13.7 Å². The lowest BCUT2D eigenvalue weighted by Gasteiger charge is -2.24. The molecule has 0 spiro atoms. The molecule has 0 fully saturated rings. The van der Waals surface area contributed by atoms with Crippen molar-refractivity contribution in [2.75, 3.05) is 24.5 Å². The molecule has 0 atom stereocenters. The molecule has 0 heterocycles. The molecule has 2 aromatic carbocycles. The lowest BCUT2D eigenvalue weighted by molar-refractivity contribution is -0.131. The molecular formula is C21H26N4O5S. The van der Waals surface area contributed by atoms with Crippen LogP contribution in [0.3, 0.4) is 0 Å². The molecule has 4 N–H and O–H groups in total. The standard InChI is InChI=1S/C21H26N4O5S/c1-21(2,20(26)24-11-12-29-14-16-7-4-3-5-8-16)15-30-19-10-6-9-18(17(19)13-22)25-31(23,27)28/h3-10,25H,11-12,14-15H2,1-2H3,(H,24,26)(H2,23,27,28). The molecule has 1 amide bonds. The fourth-order valence-corrected chi connectivity index (χ4v) is 3.05. The van der Waals surface area contributed by atoms with E-state index >= 15 is 0 Å². The Balaban J connectivity index is 1.87. The van der Waals surface area contributed by atoms with Crippen molar-refractivity contribution in [3.8, 4) is 11.8 Å². The van der Waals surface area contributed by atoms with Crippen LogP contribution in [0, 0.1) is 16.7 Å². The number of rotatable bonds is 11. The van der Waals surface area contributed by atoms with E-state index in [0.717, 1.165) is 5.56 Å². The van der Waals surface area contributed by atoms with E-state index in [4.69, 9.17) is 14.6 Å². The molecule has 10 heteroatoms. The van der Waals surface area contributed by atoms with Gasteiger partial charge in [-0.25, -0.2) is 5.14 Å². The zero-order chi connectivity index (χ0) is 22.9. The van der Waals surface area contributed by atoms with Gasteiger partial charge in [-0.1, -0.05) is 36.4 Å². The van der Waals surface area contributed by atoms with Crippen molar-refractivity contribution in [3.63, 3.8) is 0 Å². The maximum Gasteiger partial charge on any atom is 0.296 e. The van der Waals surface area contributed by atoms with Gasteiger partial charge in [-0.05, 0) is 31.5 Å². The third-order valence-corrected chi connectivity index (χ3v) is 4.74. The van der Waals surface area contributed by atoms with Crippen LogP contribution >= 0.6 is 0 Å². The van der Waals surface area contributed by atoms with Crippen molar-refractivity contribution in [1.82, 2.24) is 5.32 Å². The number of amides is 1. The molecule has 166 valence electrons. The molecule has 0 aliphatic carbocycles. The minimum absolute atomic E-state index is 0.000299. The predicted octanol–water partition coefficient (Wildman–Crippen LogP) is 1.91. The fourth-order valence-electron chi connectivity index (χ4n) is 2.57. The predicted molar refractivity (Wildman–Crippen MR) is 116 cm³/mol. The highest BCUT2D eigenvalue weighted by atomic mass is 32.2. The average Bonchev–Trinajstić information content (AvgIpc) is 2.71. The number of anilines is 1. The monoisotopic (exact) mass is 446 g/mol. The number of nitriles is 1. The summed E-state index contributed by atoms with van der Waals surface area (Å²) in [5, 5.41) is 17.2. The lowest BCUT2D eigenvalue weighted by Crippen LogP contribution is -2.42. The summed E-state index contributed by atoms with van der Waals surface area (Å²) in [6.07, 6.45) is 0. The van der Waals surface area contributed by atoms with Crippen LogP contribution in [0.4, 0.5) is 5.69 Å². The van der Waals surface area contributed by atoms with Gasteiger partial charge >= 0.3 is 0 Å². The molecule has 0 saturated heterocycles. The Morgan fingerprint density at radius 2 is 1.87 bits per heavy atom. The van der Waals surface area contributed by atoms with Crippen LogP contribution in [0.25, 0.3) is 0 Å². The summed E-state index contributed by atoms with van der Waals surface area (Å²) < 4.78 is 35.8. The highest BCUT2D eigenvalue weighted by Crippen LogP contribution is 2.28. The van der Waals surface area contributed by atoms with Gasteiger partial charge in [-0.3, -0.25) is 9.52 Å². The zero-order valence-electron chi connectivity index (χ0n) is 17.4. The zero-order valence-corrected chi connectivity index (χ0v) is 18.2. The molecule has 0 saturated carbocycles. The van der Waals surface area contributed by atoms with Crippen molar-refractivity contribution in [2.45, 2.75) is 20.5 Å². The van der Waals surface area contributed by atoms with Gasteiger partial charge in [0.25, 0.3) is 10.2 Å². The molecule has 31 heavy (non-hydrogen) atoms. The van der Waals surface area contributed by atoms with Crippen molar-refractivity contribution in [3.05, 3.63) is 59.7 Å². The highest BCUT2D eigenvalue weighted by Gasteiger charge is 2.29. The maximum absolute atomic E-state index is 12.5. The molecular weight excluding hydrogens is 420 g/mol. The lowest BCUT2D eigenvalue weighted by atomic mass is 9.93. The number of carbonyl (C=O) groups is 1. The van der Waals surface area contributed by atoms with Crippen LogP contribution in [0.5, 0.6) is 5.75 Å². The van der Waals surface area contributed by atoms with Crippen LogP contribution in [0.1, 0.15) is 25.0 Å². The van der Waals surface area contributed by atoms with Gasteiger partial charge < -0.3 is 14.8 Å². The van der Waals surface area contributed by atoms with Crippen LogP contribution in [0.2, 0.25) is 0 Å². The van der Waals surface area contributed by atoms with Gasteiger partial charge in [0.1, 0.15) is 24.0 Å². The Kier molecular flexibility index (Phi) is 8.38. The van der Waals surface area contributed by atoms with Gasteiger partial charge in [0.05, 0.1) is 24.3 Å². The quantitative estimate of drug-likeness (QED) is 0.450. The van der Waals surface area contributed by atoms with E-state index in [2.05, 4.69) is 10.0 Å². The number of nitrogens with one attached hydrogen (secondary N) is 2. The normalized spacial score (nSPS) is 11.4.